The molecule has 0 atom stereocenters. The molecule has 0 aliphatic carbocycles. The van der Waals surface area contributed by atoms with Gasteiger partial charge in [0.2, 0.25) is 5.28 Å². The standard InChI is InChI=1S/C15H13ClN2O2/c1-10-9-17-15(16)18-12(10)6-5-11-3-2-4-13-14(11)20-8-7-19-13/h2-6,9H,7-8H2,1H3/b6-5+. The molecule has 1 aromatic carbocycles. The van der Waals surface area contributed by atoms with Crippen LogP contribution in [0.15, 0.2) is 24.4 Å². The fourth-order valence-corrected chi connectivity index (χ4v) is 2.14. The maximum atomic E-state index is 5.81. The summed E-state index contributed by atoms with van der Waals surface area (Å²) in [5.74, 6) is 1.55. The van der Waals surface area contributed by atoms with Crippen LogP contribution in [0.4, 0.5) is 0 Å². The van der Waals surface area contributed by atoms with Gasteiger partial charge in [0, 0.05) is 11.8 Å². The quantitative estimate of drug-likeness (QED) is 0.795. The number of rotatable bonds is 2. The van der Waals surface area contributed by atoms with Gasteiger partial charge < -0.3 is 9.47 Å². The molecule has 0 bridgehead atoms. The third-order valence-electron chi connectivity index (χ3n) is 3.00. The van der Waals surface area contributed by atoms with E-state index in [2.05, 4.69) is 9.97 Å². The largest absolute Gasteiger partial charge is 0.486 e. The number of aromatic nitrogens is 2. The molecule has 3 rings (SSSR count). The average Bonchev–Trinajstić information content (AvgIpc) is 2.48. The molecule has 2 heterocycles. The summed E-state index contributed by atoms with van der Waals surface area (Å²) in [5, 5.41) is 0.241. The number of halogens is 1. The maximum Gasteiger partial charge on any atom is 0.222 e. The summed E-state index contributed by atoms with van der Waals surface area (Å²) < 4.78 is 11.2. The predicted molar refractivity (Wildman–Crippen MR) is 78.1 cm³/mol. The van der Waals surface area contributed by atoms with Crippen LogP contribution in [-0.4, -0.2) is 23.2 Å². The van der Waals surface area contributed by atoms with Crippen molar-refractivity contribution in [2.24, 2.45) is 0 Å². The zero-order valence-corrected chi connectivity index (χ0v) is 11.7. The van der Waals surface area contributed by atoms with E-state index in [9.17, 15) is 0 Å². The lowest BCUT2D eigenvalue weighted by molar-refractivity contribution is 0.171. The van der Waals surface area contributed by atoms with Crippen LogP contribution in [-0.2, 0) is 0 Å². The lowest BCUT2D eigenvalue weighted by atomic mass is 10.1. The molecule has 0 spiro atoms. The minimum atomic E-state index is 0.241. The van der Waals surface area contributed by atoms with E-state index >= 15 is 0 Å². The maximum absolute atomic E-state index is 5.81. The van der Waals surface area contributed by atoms with Crippen molar-refractivity contribution in [3.8, 4) is 11.5 Å². The SMILES string of the molecule is Cc1cnc(Cl)nc1/C=C/c1cccc2c1OCCO2. The van der Waals surface area contributed by atoms with Crippen molar-refractivity contribution < 1.29 is 9.47 Å². The predicted octanol–water partition coefficient (Wildman–Crippen LogP) is 3.38. The minimum absolute atomic E-state index is 0.241. The average molecular weight is 289 g/mol. The molecule has 1 aliphatic heterocycles. The number of nitrogens with zero attached hydrogens (tertiary/aromatic N) is 2. The molecule has 20 heavy (non-hydrogen) atoms. The van der Waals surface area contributed by atoms with Crippen molar-refractivity contribution >= 4 is 23.8 Å². The Hall–Kier alpha value is -2.07. The number of fused-ring (bicyclic) bond motifs is 1. The van der Waals surface area contributed by atoms with Crippen molar-refractivity contribution in [3.05, 3.63) is 46.5 Å². The molecule has 0 N–H and O–H groups in total. The third-order valence-corrected chi connectivity index (χ3v) is 3.18. The molecule has 5 heteroatoms. The smallest absolute Gasteiger partial charge is 0.222 e. The molecule has 4 nitrogen and oxygen atoms in total. The normalized spacial score (nSPS) is 13.7. The van der Waals surface area contributed by atoms with E-state index in [-0.39, 0.29) is 5.28 Å². The van der Waals surface area contributed by atoms with E-state index in [1.165, 1.54) is 0 Å². The van der Waals surface area contributed by atoms with E-state index in [0.717, 1.165) is 28.3 Å². The molecule has 0 saturated carbocycles. The van der Waals surface area contributed by atoms with Gasteiger partial charge in [0.15, 0.2) is 11.5 Å². The first kappa shape index (κ1) is 12.9. The summed E-state index contributed by atoms with van der Waals surface area (Å²) in [6.07, 6.45) is 5.55. The second kappa shape index (κ2) is 5.51. The fraction of sp³-hybridized carbons (Fsp3) is 0.200. The molecule has 0 fully saturated rings. The fourth-order valence-electron chi connectivity index (χ4n) is 2.00. The first-order valence-corrected chi connectivity index (χ1v) is 6.67. The second-order valence-corrected chi connectivity index (χ2v) is 4.75. The number of para-hydroxylation sites is 1. The Morgan fingerprint density at radius 1 is 1.20 bits per heavy atom. The van der Waals surface area contributed by atoms with E-state index in [0.29, 0.717) is 13.2 Å². The summed E-state index contributed by atoms with van der Waals surface area (Å²) in [5.41, 5.74) is 2.71. The highest BCUT2D eigenvalue weighted by Gasteiger charge is 2.13. The van der Waals surface area contributed by atoms with Crippen LogP contribution in [0.3, 0.4) is 0 Å². The van der Waals surface area contributed by atoms with Gasteiger partial charge in [0.25, 0.3) is 0 Å². The van der Waals surface area contributed by atoms with E-state index < -0.39 is 0 Å². The molecular formula is C15H13ClN2O2. The van der Waals surface area contributed by atoms with Crippen LogP contribution in [0.25, 0.3) is 12.2 Å². The Morgan fingerprint density at radius 2 is 2.05 bits per heavy atom. The van der Waals surface area contributed by atoms with Gasteiger partial charge in [-0.2, -0.15) is 0 Å². The van der Waals surface area contributed by atoms with Crippen LogP contribution in [0, 0.1) is 6.92 Å². The summed E-state index contributed by atoms with van der Waals surface area (Å²) in [6.45, 7) is 3.09. The van der Waals surface area contributed by atoms with Gasteiger partial charge in [-0.25, -0.2) is 9.97 Å². The Labute approximate surface area is 122 Å². The highest BCUT2D eigenvalue weighted by molar-refractivity contribution is 6.28. The molecule has 0 unspecified atom stereocenters. The Bertz CT molecular complexity index is 671. The van der Waals surface area contributed by atoms with Gasteiger partial charge in [-0.3, -0.25) is 0 Å². The molecule has 1 aliphatic rings. The van der Waals surface area contributed by atoms with Crippen LogP contribution in [0.2, 0.25) is 5.28 Å². The molecule has 0 saturated heterocycles. The summed E-state index contributed by atoms with van der Waals surface area (Å²) >= 11 is 5.81. The first-order chi connectivity index (χ1) is 9.74. The molecule has 0 radical (unpaired) electrons. The van der Waals surface area contributed by atoms with Crippen LogP contribution < -0.4 is 9.47 Å². The topological polar surface area (TPSA) is 44.2 Å². The number of benzene rings is 1. The van der Waals surface area contributed by atoms with Crippen LogP contribution in [0.5, 0.6) is 11.5 Å². The van der Waals surface area contributed by atoms with E-state index in [1.54, 1.807) is 6.20 Å². The number of hydrogen-bond donors (Lipinski definition) is 0. The Morgan fingerprint density at radius 3 is 2.95 bits per heavy atom. The molecular weight excluding hydrogens is 276 g/mol. The zero-order valence-electron chi connectivity index (χ0n) is 11.0. The summed E-state index contributed by atoms with van der Waals surface area (Å²) in [6, 6.07) is 5.81. The number of hydrogen-bond acceptors (Lipinski definition) is 4. The van der Waals surface area contributed by atoms with Gasteiger partial charge in [-0.1, -0.05) is 12.1 Å². The molecule has 2 aromatic rings. The highest BCUT2D eigenvalue weighted by Crippen LogP contribution is 2.34. The van der Waals surface area contributed by atoms with Crippen molar-refractivity contribution in [3.63, 3.8) is 0 Å². The Kier molecular flexibility index (Phi) is 3.56. The van der Waals surface area contributed by atoms with Gasteiger partial charge in [0.05, 0.1) is 5.69 Å². The van der Waals surface area contributed by atoms with Gasteiger partial charge in [-0.15, -0.1) is 0 Å². The lowest BCUT2D eigenvalue weighted by Gasteiger charge is -2.19. The van der Waals surface area contributed by atoms with E-state index in [1.807, 2.05) is 37.3 Å². The molecule has 0 amide bonds. The number of aryl methyl sites for hydroxylation is 1. The van der Waals surface area contributed by atoms with E-state index in [4.69, 9.17) is 21.1 Å². The minimum Gasteiger partial charge on any atom is -0.486 e. The first-order valence-electron chi connectivity index (χ1n) is 6.30. The third kappa shape index (κ3) is 2.60. The van der Waals surface area contributed by atoms with Crippen LogP contribution >= 0.6 is 11.6 Å². The van der Waals surface area contributed by atoms with Gasteiger partial charge in [-0.05, 0) is 42.3 Å². The van der Waals surface area contributed by atoms with Crippen molar-refractivity contribution in [2.75, 3.05) is 13.2 Å². The van der Waals surface area contributed by atoms with Gasteiger partial charge >= 0.3 is 0 Å². The monoisotopic (exact) mass is 288 g/mol. The van der Waals surface area contributed by atoms with Gasteiger partial charge in [0.1, 0.15) is 13.2 Å². The molecule has 102 valence electrons. The van der Waals surface area contributed by atoms with Crippen molar-refractivity contribution in [1.82, 2.24) is 9.97 Å². The molecule has 1 aromatic heterocycles. The second-order valence-electron chi connectivity index (χ2n) is 4.41. The zero-order chi connectivity index (χ0) is 13.9. The van der Waals surface area contributed by atoms with Crippen LogP contribution in [0.1, 0.15) is 16.8 Å². The summed E-state index contributed by atoms with van der Waals surface area (Å²) in [7, 11) is 0. The highest BCUT2D eigenvalue weighted by atomic mass is 35.5. The lowest BCUT2D eigenvalue weighted by Crippen LogP contribution is -2.15. The number of ether oxygens (including phenoxy) is 2. The summed E-state index contributed by atoms with van der Waals surface area (Å²) in [4.78, 5) is 8.14. The van der Waals surface area contributed by atoms with Crippen molar-refractivity contribution in [2.45, 2.75) is 6.92 Å². The van der Waals surface area contributed by atoms with Crippen molar-refractivity contribution in [1.29, 1.82) is 0 Å². The Balaban J connectivity index is 1.95.